The molecule has 2 heterocycles. The number of hydrogen-bond donors (Lipinski definition) is 1. The van der Waals surface area contributed by atoms with Crippen LogP contribution in [0.1, 0.15) is 12.5 Å². The Kier molecular flexibility index (Phi) is 3.36. The number of aromatic amines is 1. The van der Waals surface area contributed by atoms with Crippen LogP contribution >= 0.6 is 22.9 Å². The lowest BCUT2D eigenvalue weighted by atomic mass is 10.1. The highest BCUT2D eigenvalue weighted by molar-refractivity contribution is 7.14. The maximum Gasteiger partial charge on any atom is 0.181 e. The molecule has 1 aromatic carbocycles. The van der Waals surface area contributed by atoms with E-state index in [9.17, 15) is 0 Å². The zero-order valence-electron chi connectivity index (χ0n) is 10.4. The summed E-state index contributed by atoms with van der Waals surface area (Å²) in [5, 5.41) is 9.84. The van der Waals surface area contributed by atoms with Crippen LogP contribution in [0.2, 0.25) is 5.02 Å². The van der Waals surface area contributed by atoms with Crippen LogP contribution in [0.3, 0.4) is 0 Å². The van der Waals surface area contributed by atoms with E-state index in [1.54, 1.807) is 11.3 Å². The molecular formula is C14H12ClN3S. The number of aryl methyl sites for hydroxylation is 1. The predicted octanol–water partition coefficient (Wildman–Crippen LogP) is 4.42. The molecule has 0 saturated carbocycles. The molecule has 0 saturated heterocycles. The van der Waals surface area contributed by atoms with Crippen LogP contribution in [0.4, 0.5) is 0 Å². The van der Waals surface area contributed by atoms with Crippen LogP contribution in [0.15, 0.2) is 35.7 Å². The topological polar surface area (TPSA) is 41.6 Å². The quantitative estimate of drug-likeness (QED) is 0.775. The third kappa shape index (κ3) is 2.41. The van der Waals surface area contributed by atoms with Crippen molar-refractivity contribution in [3.63, 3.8) is 0 Å². The van der Waals surface area contributed by atoms with Gasteiger partial charge in [0.25, 0.3) is 0 Å². The molecule has 0 aliphatic rings. The van der Waals surface area contributed by atoms with E-state index >= 15 is 0 Å². The fourth-order valence-corrected chi connectivity index (χ4v) is 2.93. The van der Waals surface area contributed by atoms with Crippen LogP contribution in [0.5, 0.6) is 0 Å². The minimum absolute atomic E-state index is 0.696. The molecule has 0 atom stereocenters. The van der Waals surface area contributed by atoms with Crippen molar-refractivity contribution in [3.05, 3.63) is 46.3 Å². The Labute approximate surface area is 120 Å². The van der Waals surface area contributed by atoms with Gasteiger partial charge in [-0.2, -0.15) is 5.10 Å². The van der Waals surface area contributed by atoms with Crippen molar-refractivity contribution in [2.24, 2.45) is 0 Å². The Balaban J connectivity index is 1.94. The van der Waals surface area contributed by atoms with Gasteiger partial charge in [-0.1, -0.05) is 42.8 Å². The molecule has 0 fully saturated rings. The molecule has 96 valence electrons. The lowest BCUT2D eigenvalue weighted by Crippen LogP contribution is -1.83. The Morgan fingerprint density at radius 3 is 2.63 bits per heavy atom. The summed E-state index contributed by atoms with van der Waals surface area (Å²) in [6, 6.07) is 10.1. The third-order valence-electron chi connectivity index (χ3n) is 2.94. The standard InChI is InChI=1S/C14H12ClN3S/c1-2-9-3-5-10(6-4-9)13-16-14(18-17-13)12-11(15)7-8-19-12/h3-8H,2H2,1H3,(H,16,17,18). The van der Waals surface area contributed by atoms with Gasteiger partial charge in [-0.3, -0.25) is 5.10 Å². The Hall–Kier alpha value is -1.65. The maximum atomic E-state index is 6.09. The minimum atomic E-state index is 0.696. The monoisotopic (exact) mass is 289 g/mol. The van der Waals surface area contributed by atoms with Crippen LogP contribution < -0.4 is 0 Å². The largest absolute Gasteiger partial charge is 0.258 e. The molecule has 0 unspecified atom stereocenters. The zero-order chi connectivity index (χ0) is 13.2. The Morgan fingerprint density at radius 2 is 2.00 bits per heavy atom. The highest BCUT2D eigenvalue weighted by Gasteiger charge is 2.11. The van der Waals surface area contributed by atoms with E-state index in [-0.39, 0.29) is 0 Å². The van der Waals surface area contributed by atoms with E-state index < -0.39 is 0 Å². The van der Waals surface area contributed by atoms with E-state index in [2.05, 4.69) is 34.2 Å². The van der Waals surface area contributed by atoms with Gasteiger partial charge in [-0.15, -0.1) is 11.3 Å². The number of aromatic nitrogens is 3. The smallest absolute Gasteiger partial charge is 0.181 e. The molecule has 0 bridgehead atoms. The molecule has 1 N–H and O–H groups in total. The summed E-state index contributed by atoms with van der Waals surface area (Å²) in [5.41, 5.74) is 2.31. The number of thiophene rings is 1. The first-order valence-electron chi connectivity index (χ1n) is 6.03. The van der Waals surface area contributed by atoms with Gasteiger partial charge in [-0.05, 0) is 23.4 Å². The van der Waals surface area contributed by atoms with Gasteiger partial charge in [0.1, 0.15) is 0 Å². The van der Waals surface area contributed by atoms with Crippen molar-refractivity contribution in [3.8, 4) is 22.1 Å². The predicted molar refractivity (Wildman–Crippen MR) is 79.5 cm³/mol. The molecule has 2 aromatic heterocycles. The summed E-state index contributed by atoms with van der Waals surface area (Å²) in [5.74, 6) is 1.41. The number of benzene rings is 1. The van der Waals surface area contributed by atoms with Crippen molar-refractivity contribution in [1.29, 1.82) is 0 Å². The van der Waals surface area contributed by atoms with Crippen LogP contribution in [-0.2, 0) is 6.42 Å². The second kappa shape index (κ2) is 5.15. The summed E-state index contributed by atoms with van der Waals surface area (Å²) in [6.07, 6.45) is 1.03. The van der Waals surface area contributed by atoms with Gasteiger partial charge in [0.2, 0.25) is 0 Å². The average Bonchev–Trinajstić information content (AvgIpc) is 3.07. The summed E-state index contributed by atoms with van der Waals surface area (Å²) >= 11 is 7.64. The zero-order valence-corrected chi connectivity index (χ0v) is 11.9. The molecule has 0 aliphatic carbocycles. The number of rotatable bonds is 3. The number of hydrogen-bond acceptors (Lipinski definition) is 3. The normalized spacial score (nSPS) is 10.8. The van der Waals surface area contributed by atoms with Crippen LogP contribution in [-0.4, -0.2) is 15.2 Å². The molecule has 5 heteroatoms. The van der Waals surface area contributed by atoms with Gasteiger partial charge in [0, 0.05) is 5.56 Å². The lowest BCUT2D eigenvalue weighted by Gasteiger charge is -1.97. The van der Waals surface area contributed by atoms with Gasteiger partial charge in [0.05, 0.1) is 9.90 Å². The molecule has 3 aromatic rings. The maximum absolute atomic E-state index is 6.09. The van der Waals surface area contributed by atoms with Crippen molar-refractivity contribution in [2.45, 2.75) is 13.3 Å². The molecule has 3 nitrogen and oxygen atoms in total. The SMILES string of the molecule is CCc1ccc(-c2n[nH]c(-c3sccc3Cl)n2)cc1. The second-order valence-electron chi connectivity index (χ2n) is 4.16. The van der Waals surface area contributed by atoms with E-state index in [4.69, 9.17) is 11.6 Å². The van der Waals surface area contributed by atoms with Gasteiger partial charge in [0.15, 0.2) is 11.6 Å². The number of nitrogens with zero attached hydrogens (tertiary/aromatic N) is 2. The van der Waals surface area contributed by atoms with Gasteiger partial charge >= 0.3 is 0 Å². The van der Waals surface area contributed by atoms with Crippen molar-refractivity contribution in [2.75, 3.05) is 0 Å². The van der Waals surface area contributed by atoms with E-state index in [0.29, 0.717) is 10.8 Å². The molecular weight excluding hydrogens is 278 g/mol. The fourth-order valence-electron chi connectivity index (χ4n) is 1.84. The first kappa shape index (κ1) is 12.4. The number of H-pyrrole nitrogens is 1. The van der Waals surface area contributed by atoms with Crippen molar-refractivity contribution >= 4 is 22.9 Å². The van der Waals surface area contributed by atoms with Gasteiger partial charge < -0.3 is 0 Å². The molecule has 0 spiro atoms. The van der Waals surface area contributed by atoms with Crippen LogP contribution in [0.25, 0.3) is 22.1 Å². The van der Waals surface area contributed by atoms with Crippen molar-refractivity contribution in [1.82, 2.24) is 15.2 Å². The molecule has 0 aliphatic heterocycles. The Bertz CT molecular complexity index is 685. The first-order valence-corrected chi connectivity index (χ1v) is 7.28. The second-order valence-corrected chi connectivity index (χ2v) is 5.48. The van der Waals surface area contributed by atoms with E-state index in [0.717, 1.165) is 22.7 Å². The lowest BCUT2D eigenvalue weighted by molar-refractivity contribution is 1.10. The average molecular weight is 290 g/mol. The summed E-state index contributed by atoms with van der Waals surface area (Å²) in [6.45, 7) is 2.14. The molecule has 19 heavy (non-hydrogen) atoms. The Morgan fingerprint density at radius 1 is 1.21 bits per heavy atom. The highest BCUT2D eigenvalue weighted by atomic mass is 35.5. The van der Waals surface area contributed by atoms with E-state index in [1.807, 2.05) is 23.6 Å². The number of nitrogens with one attached hydrogen (secondary N) is 1. The fraction of sp³-hybridized carbons (Fsp3) is 0.143. The van der Waals surface area contributed by atoms with Gasteiger partial charge in [-0.25, -0.2) is 4.98 Å². The first-order chi connectivity index (χ1) is 9.28. The number of halogens is 1. The van der Waals surface area contributed by atoms with Crippen molar-refractivity contribution < 1.29 is 0 Å². The molecule has 3 rings (SSSR count). The molecule has 0 amide bonds. The third-order valence-corrected chi connectivity index (χ3v) is 4.29. The van der Waals surface area contributed by atoms with Crippen LogP contribution in [0, 0.1) is 0 Å². The van der Waals surface area contributed by atoms with E-state index in [1.165, 1.54) is 5.56 Å². The summed E-state index contributed by atoms with van der Waals surface area (Å²) in [7, 11) is 0. The summed E-state index contributed by atoms with van der Waals surface area (Å²) < 4.78 is 0. The summed E-state index contributed by atoms with van der Waals surface area (Å²) in [4.78, 5) is 5.42. The minimum Gasteiger partial charge on any atom is -0.258 e. The highest BCUT2D eigenvalue weighted by Crippen LogP contribution is 2.31. The molecule has 0 radical (unpaired) electrons.